The zero-order valence-electron chi connectivity index (χ0n) is 14.9. The van der Waals surface area contributed by atoms with E-state index in [1.54, 1.807) is 0 Å². The molecule has 3 N–H and O–H groups in total. The average Bonchev–Trinajstić information content (AvgIpc) is 2.99. The molecular weight excluding hydrogens is 292 g/mol. The van der Waals surface area contributed by atoms with Crippen LogP contribution >= 0.6 is 0 Å². The first-order chi connectivity index (χ1) is 11.2. The molecule has 0 radical (unpaired) electrons. The van der Waals surface area contributed by atoms with Crippen molar-refractivity contribution in [2.45, 2.75) is 64.8 Å². The zero-order chi connectivity index (χ0) is 16.9. The van der Waals surface area contributed by atoms with Gasteiger partial charge in [0.2, 0.25) is 0 Å². The van der Waals surface area contributed by atoms with Crippen molar-refractivity contribution in [2.75, 3.05) is 32.8 Å². The van der Waals surface area contributed by atoms with Gasteiger partial charge < -0.3 is 15.8 Å². The maximum Gasteiger partial charge on any atom is 0.305 e. The number of nitrogens with two attached hydrogens (primary N) is 1. The molecule has 0 aromatic rings. The van der Waals surface area contributed by atoms with Crippen molar-refractivity contribution in [1.82, 2.24) is 10.2 Å². The number of likely N-dealkylation sites (tertiary alicyclic amines) is 1. The van der Waals surface area contributed by atoms with Gasteiger partial charge in [-0.25, -0.2) is 0 Å². The summed E-state index contributed by atoms with van der Waals surface area (Å²) in [4.78, 5) is 18.1. The normalized spacial score (nSPS) is 19.0. The molecular formula is C17H34N4O2. The molecule has 1 aliphatic heterocycles. The molecule has 6 nitrogen and oxygen atoms in total. The fourth-order valence-corrected chi connectivity index (χ4v) is 2.98. The summed E-state index contributed by atoms with van der Waals surface area (Å²) in [7, 11) is 0. The van der Waals surface area contributed by atoms with Gasteiger partial charge in [0.1, 0.15) is 0 Å². The number of nitrogens with one attached hydrogen (secondary N) is 1. The molecule has 1 aliphatic rings. The fourth-order valence-electron chi connectivity index (χ4n) is 2.98. The maximum atomic E-state index is 11.2. The van der Waals surface area contributed by atoms with Crippen molar-refractivity contribution >= 4 is 11.9 Å². The molecule has 6 heteroatoms. The summed E-state index contributed by atoms with van der Waals surface area (Å²) >= 11 is 0. The summed E-state index contributed by atoms with van der Waals surface area (Å²) in [6.45, 7) is 8.43. The molecule has 23 heavy (non-hydrogen) atoms. The number of nitrogens with zero attached hydrogens (tertiary/aromatic N) is 2. The van der Waals surface area contributed by atoms with Crippen LogP contribution in [0.3, 0.4) is 0 Å². The number of unbranched alkanes of at least 4 members (excludes halogenated alkanes) is 3. The van der Waals surface area contributed by atoms with E-state index in [0.29, 0.717) is 25.0 Å². The largest absolute Gasteiger partial charge is 0.466 e. The number of hydrogen-bond donors (Lipinski definition) is 2. The Morgan fingerprint density at radius 3 is 2.83 bits per heavy atom. The first-order valence-corrected chi connectivity index (χ1v) is 9.10. The van der Waals surface area contributed by atoms with E-state index in [-0.39, 0.29) is 5.97 Å². The molecule has 1 fully saturated rings. The Kier molecular flexibility index (Phi) is 10.4. The van der Waals surface area contributed by atoms with E-state index >= 15 is 0 Å². The van der Waals surface area contributed by atoms with Gasteiger partial charge in [-0.2, -0.15) is 0 Å². The zero-order valence-corrected chi connectivity index (χ0v) is 14.9. The predicted octanol–water partition coefficient (Wildman–Crippen LogP) is 1.89. The van der Waals surface area contributed by atoms with Crippen LogP contribution < -0.4 is 11.1 Å². The van der Waals surface area contributed by atoms with Gasteiger partial charge in [0, 0.05) is 19.0 Å². The number of rotatable bonds is 11. The molecule has 1 saturated heterocycles. The van der Waals surface area contributed by atoms with Crippen LogP contribution in [-0.4, -0.2) is 55.7 Å². The smallest absolute Gasteiger partial charge is 0.305 e. The standard InChI is InChI=1S/C17H34N4O2/c1-3-21-13-9-10-15(21)14-20-17(18)19-12-8-6-5-7-11-16(22)23-4-2/h15H,3-14H2,1-2H3,(H3,18,19,20). The molecule has 134 valence electrons. The molecule has 1 atom stereocenters. The molecule has 0 aromatic heterocycles. The number of guanidine groups is 1. The topological polar surface area (TPSA) is 79.9 Å². The van der Waals surface area contributed by atoms with E-state index in [9.17, 15) is 4.79 Å². The van der Waals surface area contributed by atoms with Gasteiger partial charge in [0.05, 0.1) is 13.2 Å². The lowest BCUT2D eigenvalue weighted by Gasteiger charge is -2.20. The number of esters is 1. The number of carbonyl (C=O) groups is 1. The van der Waals surface area contributed by atoms with Gasteiger partial charge in [-0.15, -0.1) is 0 Å². The number of hydrogen-bond acceptors (Lipinski definition) is 4. The first-order valence-electron chi connectivity index (χ1n) is 9.10. The van der Waals surface area contributed by atoms with Gasteiger partial charge in [0.25, 0.3) is 0 Å². The third kappa shape index (κ3) is 8.79. The second-order valence-corrected chi connectivity index (χ2v) is 6.05. The number of ether oxygens (including phenoxy) is 1. The fraction of sp³-hybridized carbons (Fsp3) is 0.882. The van der Waals surface area contributed by atoms with Crippen LogP contribution in [0.4, 0.5) is 0 Å². The van der Waals surface area contributed by atoms with E-state index in [0.717, 1.165) is 45.3 Å². The Morgan fingerprint density at radius 2 is 2.09 bits per heavy atom. The molecule has 0 aromatic carbocycles. The molecule has 1 unspecified atom stereocenters. The maximum absolute atomic E-state index is 11.2. The summed E-state index contributed by atoms with van der Waals surface area (Å²) in [5.74, 6) is 0.467. The second kappa shape index (κ2) is 12.2. The third-order valence-corrected chi connectivity index (χ3v) is 4.30. The summed E-state index contributed by atoms with van der Waals surface area (Å²) in [6, 6.07) is 0.559. The lowest BCUT2D eigenvalue weighted by Crippen LogP contribution is -2.36. The summed E-state index contributed by atoms with van der Waals surface area (Å²) in [6.07, 6.45) is 7.11. The minimum Gasteiger partial charge on any atom is -0.466 e. The van der Waals surface area contributed by atoms with E-state index in [4.69, 9.17) is 10.5 Å². The monoisotopic (exact) mass is 326 g/mol. The van der Waals surface area contributed by atoms with Crippen LogP contribution in [0.2, 0.25) is 0 Å². The first kappa shape index (κ1) is 19.7. The average molecular weight is 326 g/mol. The van der Waals surface area contributed by atoms with E-state index in [1.165, 1.54) is 19.4 Å². The second-order valence-electron chi connectivity index (χ2n) is 6.05. The lowest BCUT2D eigenvalue weighted by atomic mass is 10.1. The summed E-state index contributed by atoms with van der Waals surface area (Å²) in [5, 5.41) is 3.18. The molecule has 1 rings (SSSR count). The Bertz CT molecular complexity index is 361. The van der Waals surface area contributed by atoms with Crippen LogP contribution in [0, 0.1) is 0 Å². The van der Waals surface area contributed by atoms with Crippen LogP contribution in [0.25, 0.3) is 0 Å². The highest BCUT2D eigenvalue weighted by atomic mass is 16.5. The Morgan fingerprint density at radius 1 is 1.30 bits per heavy atom. The van der Waals surface area contributed by atoms with Crippen molar-refractivity contribution in [1.29, 1.82) is 0 Å². The van der Waals surface area contributed by atoms with Gasteiger partial charge in [-0.1, -0.05) is 19.8 Å². The third-order valence-electron chi connectivity index (χ3n) is 4.30. The van der Waals surface area contributed by atoms with Crippen LogP contribution in [0.1, 0.15) is 58.8 Å². The van der Waals surface area contributed by atoms with Crippen molar-refractivity contribution < 1.29 is 9.53 Å². The Labute approximate surface area is 140 Å². The lowest BCUT2D eigenvalue weighted by molar-refractivity contribution is -0.143. The minimum absolute atomic E-state index is 0.0879. The van der Waals surface area contributed by atoms with Gasteiger partial charge in [-0.05, 0) is 45.7 Å². The van der Waals surface area contributed by atoms with Gasteiger partial charge in [0.15, 0.2) is 5.96 Å². The van der Waals surface area contributed by atoms with Gasteiger partial charge in [-0.3, -0.25) is 14.7 Å². The van der Waals surface area contributed by atoms with Crippen LogP contribution in [0.5, 0.6) is 0 Å². The highest BCUT2D eigenvalue weighted by Crippen LogP contribution is 2.16. The molecule has 0 amide bonds. The van der Waals surface area contributed by atoms with Crippen molar-refractivity contribution in [3.8, 4) is 0 Å². The molecule has 1 heterocycles. The minimum atomic E-state index is -0.0879. The highest BCUT2D eigenvalue weighted by molar-refractivity contribution is 5.77. The SMILES string of the molecule is CCOC(=O)CCCCCCNC(N)=NCC1CCCN1CC. The summed E-state index contributed by atoms with van der Waals surface area (Å²) < 4.78 is 4.90. The quantitative estimate of drug-likeness (QED) is 0.262. The predicted molar refractivity (Wildman–Crippen MR) is 94.5 cm³/mol. The number of likely N-dealkylation sites (N-methyl/N-ethyl adjacent to an activating group) is 1. The van der Waals surface area contributed by atoms with Crippen LogP contribution in [0.15, 0.2) is 4.99 Å². The Hall–Kier alpha value is -1.30. The van der Waals surface area contributed by atoms with E-state index < -0.39 is 0 Å². The van der Waals surface area contributed by atoms with Gasteiger partial charge >= 0.3 is 5.97 Å². The number of carbonyl (C=O) groups excluding carboxylic acids is 1. The molecule has 0 saturated carbocycles. The van der Waals surface area contributed by atoms with Crippen molar-refractivity contribution in [3.63, 3.8) is 0 Å². The molecule has 0 aliphatic carbocycles. The molecule has 0 spiro atoms. The molecule has 0 bridgehead atoms. The highest BCUT2D eigenvalue weighted by Gasteiger charge is 2.22. The Balaban J connectivity index is 2.00. The van der Waals surface area contributed by atoms with Crippen molar-refractivity contribution in [3.05, 3.63) is 0 Å². The van der Waals surface area contributed by atoms with E-state index in [1.807, 2.05) is 6.92 Å². The van der Waals surface area contributed by atoms with Crippen molar-refractivity contribution in [2.24, 2.45) is 10.7 Å². The van der Waals surface area contributed by atoms with Crippen LogP contribution in [-0.2, 0) is 9.53 Å². The summed E-state index contributed by atoms with van der Waals surface area (Å²) in [5.41, 5.74) is 5.91. The van der Waals surface area contributed by atoms with E-state index in [2.05, 4.69) is 22.1 Å². The number of aliphatic imine (C=N–C) groups is 1.